The van der Waals surface area contributed by atoms with Gasteiger partial charge in [0.2, 0.25) is 5.91 Å². The van der Waals surface area contributed by atoms with E-state index in [4.69, 9.17) is 16.3 Å². The average molecular weight is 487 g/mol. The molecule has 1 N–H and O–H groups in total. The summed E-state index contributed by atoms with van der Waals surface area (Å²) in [6, 6.07) is 6.89. The maximum Gasteiger partial charge on any atom is 0.416 e. The van der Waals surface area contributed by atoms with Crippen molar-refractivity contribution < 1.29 is 27.6 Å². The van der Waals surface area contributed by atoms with Crippen LogP contribution in [0.15, 0.2) is 36.4 Å². The fourth-order valence-electron chi connectivity index (χ4n) is 3.62. The first kappa shape index (κ1) is 24.6. The number of ether oxygens (including phenoxy) is 1. The molecule has 0 bridgehead atoms. The Balaban J connectivity index is 1.65. The number of amides is 1. The van der Waals surface area contributed by atoms with Crippen molar-refractivity contribution in [3.8, 4) is 5.75 Å². The number of anilines is 2. The molecule has 3 rings (SSSR count). The standard InChI is InChI=1S/C21H22ClF3N4O4/c1-13(20(30)26-15-4-6-19(33-2)16(22)12-15)27-7-9-28(10-8-27)17-5-3-14(21(23,24)25)11-18(17)29(31)32/h3-6,11-13H,7-10H2,1-2H3,(H,26,30). The zero-order valence-corrected chi connectivity index (χ0v) is 18.6. The molecule has 1 atom stereocenters. The van der Waals surface area contributed by atoms with Gasteiger partial charge in [-0.3, -0.25) is 19.8 Å². The normalized spacial score (nSPS) is 15.8. The number of carbonyl (C=O) groups is 1. The number of benzene rings is 2. The van der Waals surface area contributed by atoms with E-state index in [2.05, 4.69) is 5.32 Å². The second-order valence-electron chi connectivity index (χ2n) is 7.50. The molecule has 1 unspecified atom stereocenters. The molecule has 0 aliphatic carbocycles. The van der Waals surface area contributed by atoms with Gasteiger partial charge in [-0.2, -0.15) is 13.2 Å². The van der Waals surface area contributed by atoms with Crippen molar-refractivity contribution >= 4 is 34.6 Å². The Hall–Kier alpha value is -3.05. The van der Waals surface area contributed by atoms with Gasteiger partial charge in [0, 0.05) is 37.9 Å². The number of rotatable bonds is 6. The summed E-state index contributed by atoms with van der Waals surface area (Å²) < 4.78 is 43.9. The number of methoxy groups -OCH3 is 1. The van der Waals surface area contributed by atoms with Gasteiger partial charge in [-0.05, 0) is 37.3 Å². The van der Waals surface area contributed by atoms with Crippen molar-refractivity contribution in [1.82, 2.24) is 4.90 Å². The van der Waals surface area contributed by atoms with Crippen molar-refractivity contribution in [2.24, 2.45) is 0 Å². The molecule has 33 heavy (non-hydrogen) atoms. The molecule has 8 nitrogen and oxygen atoms in total. The molecule has 1 aliphatic rings. The number of nitro groups is 1. The number of alkyl halides is 3. The van der Waals surface area contributed by atoms with Gasteiger partial charge in [-0.1, -0.05) is 11.6 Å². The van der Waals surface area contributed by atoms with Gasteiger partial charge >= 0.3 is 6.18 Å². The van der Waals surface area contributed by atoms with Crippen LogP contribution in [-0.4, -0.2) is 55.1 Å². The first-order valence-electron chi connectivity index (χ1n) is 10.00. The molecule has 0 spiro atoms. The Kier molecular flexibility index (Phi) is 7.33. The zero-order valence-electron chi connectivity index (χ0n) is 17.9. The fraction of sp³-hybridized carbons (Fsp3) is 0.381. The summed E-state index contributed by atoms with van der Waals surface area (Å²) in [5.41, 5.74) is -1.03. The number of nitrogens with one attached hydrogen (secondary N) is 1. The molecular formula is C21H22ClF3N4O4. The van der Waals surface area contributed by atoms with Gasteiger partial charge < -0.3 is 15.0 Å². The molecule has 2 aromatic carbocycles. The summed E-state index contributed by atoms with van der Waals surface area (Å²) in [4.78, 5) is 26.8. The Morgan fingerprint density at radius 2 is 1.85 bits per heavy atom. The Morgan fingerprint density at radius 1 is 1.18 bits per heavy atom. The molecule has 1 amide bonds. The molecule has 2 aromatic rings. The van der Waals surface area contributed by atoms with Gasteiger partial charge in [0.15, 0.2) is 0 Å². The van der Waals surface area contributed by atoms with Crippen molar-refractivity contribution in [3.05, 3.63) is 57.1 Å². The Morgan fingerprint density at radius 3 is 2.39 bits per heavy atom. The third-order valence-electron chi connectivity index (χ3n) is 5.50. The second kappa shape index (κ2) is 9.84. The maximum atomic E-state index is 12.9. The Bertz CT molecular complexity index is 1040. The van der Waals surface area contributed by atoms with E-state index in [0.29, 0.717) is 48.7 Å². The minimum Gasteiger partial charge on any atom is -0.495 e. The molecule has 1 heterocycles. The summed E-state index contributed by atoms with van der Waals surface area (Å²) in [7, 11) is 1.49. The molecule has 0 aromatic heterocycles. The quantitative estimate of drug-likeness (QED) is 0.480. The van der Waals surface area contributed by atoms with Gasteiger partial charge in [0.05, 0.1) is 28.7 Å². The maximum absolute atomic E-state index is 12.9. The number of nitro benzene ring substituents is 1. The highest BCUT2D eigenvalue weighted by molar-refractivity contribution is 6.32. The van der Waals surface area contributed by atoms with E-state index in [-0.39, 0.29) is 11.6 Å². The van der Waals surface area contributed by atoms with Crippen LogP contribution in [0, 0.1) is 10.1 Å². The summed E-state index contributed by atoms with van der Waals surface area (Å²) in [6.45, 7) is 3.17. The van der Waals surface area contributed by atoms with Crippen LogP contribution in [0.1, 0.15) is 12.5 Å². The summed E-state index contributed by atoms with van der Waals surface area (Å²) in [5.74, 6) is 0.224. The van der Waals surface area contributed by atoms with Gasteiger partial charge in [-0.25, -0.2) is 0 Å². The molecule has 12 heteroatoms. The number of piperazine rings is 1. The van der Waals surface area contributed by atoms with E-state index in [1.807, 2.05) is 4.90 Å². The smallest absolute Gasteiger partial charge is 0.416 e. The summed E-state index contributed by atoms with van der Waals surface area (Å²) in [6.07, 6.45) is -4.67. The molecule has 1 aliphatic heterocycles. The van der Waals surface area contributed by atoms with Crippen LogP contribution >= 0.6 is 11.6 Å². The van der Waals surface area contributed by atoms with Gasteiger partial charge in [0.1, 0.15) is 11.4 Å². The van der Waals surface area contributed by atoms with Crippen LogP contribution in [0.3, 0.4) is 0 Å². The number of carbonyl (C=O) groups excluding carboxylic acids is 1. The molecule has 1 fully saturated rings. The predicted molar refractivity (Wildman–Crippen MR) is 118 cm³/mol. The highest BCUT2D eigenvalue weighted by atomic mass is 35.5. The minimum atomic E-state index is -4.67. The lowest BCUT2D eigenvalue weighted by Crippen LogP contribution is -2.53. The van der Waals surface area contributed by atoms with E-state index >= 15 is 0 Å². The first-order valence-corrected chi connectivity index (χ1v) is 10.4. The van der Waals surface area contributed by atoms with Crippen molar-refractivity contribution in [3.63, 3.8) is 0 Å². The van der Waals surface area contributed by atoms with Crippen molar-refractivity contribution in [1.29, 1.82) is 0 Å². The van der Waals surface area contributed by atoms with Crippen LogP contribution in [0.4, 0.5) is 30.2 Å². The summed E-state index contributed by atoms with van der Waals surface area (Å²) >= 11 is 6.08. The van der Waals surface area contributed by atoms with Crippen LogP contribution in [0.2, 0.25) is 5.02 Å². The molecule has 178 valence electrons. The van der Waals surface area contributed by atoms with Crippen LogP contribution in [-0.2, 0) is 11.0 Å². The van der Waals surface area contributed by atoms with Gasteiger partial charge in [0.25, 0.3) is 5.69 Å². The highest BCUT2D eigenvalue weighted by Gasteiger charge is 2.34. The molecular weight excluding hydrogens is 465 g/mol. The lowest BCUT2D eigenvalue weighted by Gasteiger charge is -2.38. The summed E-state index contributed by atoms with van der Waals surface area (Å²) in [5, 5.41) is 14.5. The van der Waals surface area contributed by atoms with Crippen molar-refractivity contribution in [2.75, 3.05) is 43.5 Å². The molecule has 0 saturated carbocycles. The molecule has 0 radical (unpaired) electrons. The Labute approximate surface area is 193 Å². The number of nitrogens with zero attached hydrogens (tertiary/aromatic N) is 3. The zero-order chi connectivity index (χ0) is 24.3. The number of halogens is 4. The van der Waals surface area contributed by atoms with Crippen LogP contribution < -0.4 is 15.0 Å². The van der Waals surface area contributed by atoms with E-state index in [9.17, 15) is 28.1 Å². The van der Waals surface area contributed by atoms with E-state index < -0.39 is 28.4 Å². The van der Waals surface area contributed by atoms with Crippen molar-refractivity contribution in [2.45, 2.75) is 19.1 Å². The van der Waals surface area contributed by atoms with Gasteiger partial charge in [-0.15, -0.1) is 0 Å². The van der Waals surface area contributed by atoms with E-state index in [0.717, 1.165) is 12.1 Å². The van der Waals surface area contributed by atoms with E-state index in [1.54, 1.807) is 30.0 Å². The third-order valence-corrected chi connectivity index (χ3v) is 5.80. The first-order chi connectivity index (χ1) is 15.5. The fourth-order valence-corrected chi connectivity index (χ4v) is 3.88. The largest absolute Gasteiger partial charge is 0.495 e. The number of hydrogen-bond donors (Lipinski definition) is 1. The number of hydrogen-bond acceptors (Lipinski definition) is 6. The highest BCUT2D eigenvalue weighted by Crippen LogP contribution is 2.37. The lowest BCUT2D eigenvalue weighted by molar-refractivity contribution is -0.384. The monoisotopic (exact) mass is 486 g/mol. The minimum absolute atomic E-state index is 0.123. The van der Waals surface area contributed by atoms with Crippen LogP contribution in [0.25, 0.3) is 0 Å². The third kappa shape index (κ3) is 5.66. The SMILES string of the molecule is COc1ccc(NC(=O)C(C)N2CCN(c3ccc(C(F)(F)F)cc3[N+](=O)[O-])CC2)cc1Cl. The van der Waals surface area contributed by atoms with E-state index in [1.165, 1.54) is 7.11 Å². The molecule has 1 saturated heterocycles. The predicted octanol–water partition coefficient (Wildman–Crippen LogP) is 4.42. The average Bonchev–Trinajstić information content (AvgIpc) is 2.77. The topological polar surface area (TPSA) is 88.0 Å². The second-order valence-corrected chi connectivity index (χ2v) is 7.90. The lowest BCUT2D eigenvalue weighted by atomic mass is 10.1. The van der Waals surface area contributed by atoms with Crippen LogP contribution in [0.5, 0.6) is 5.75 Å².